The summed E-state index contributed by atoms with van der Waals surface area (Å²) in [5.74, 6) is 0.412. The Morgan fingerprint density at radius 2 is 2.00 bits per heavy atom. The summed E-state index contributed by atoms with van der Waals surface area (Å²) in [7, 11) is -3.69. The van der Waals surface area contributed by atoms with Gasteiger partial charge in [-0.1, -0.05) is 37.3 Å². The van der Waals surface area contributed by atoms with Gasteiger partial charge < -0.3 is 10.2 Å². The Morgan fingerprint density at radius 1 is 1.33 bits per heavy atom. The van der Waals surface area contributed by atoms with Crippen LogP contribution >= 0.6 is 15.9 Å². The molecule has 2 aromatic rings. The van der Waals surface area contributed by atoms with Crippen molar-refractivity contribution >= 4 is 26.0 Å². The summed E-state index contributed by atoms with van der Waals surface area (Å²) >= 11 is 3.12. The zero-order chi connectivity index (χ0) is 15.5. The standard InChI is InChI=1S/C14H17BrN2O3S/c1-2-12(10-6-4-3-5-7-10)17-21(18,19)13-8-11(9-16)20-14(13)15/h3-8,12,17H,2,9,16H2,1H3. The Bertz CT molecular complexity index is 698. The second-order valence-electron chi connectivity index (χ2n) is 4.55. The molecule has 0 aliphatic heterocycles. The monoisotopic (exact) mass is 372 g/mol. The lowest BCUT2D eigenvalue weighted by molar-refractivity contribution is 0.482. The van der Waals surface area contributed by atoms with E-state index in [4.69, 9.17) is 10.2 Å². The van der Waals surface area contributed by atoms with Crippen molar-refractivity contribution in [3.05, 3.63) is 52.4 Å². The minimum absolute atomic E-state index is 0.0670. The van der Waals surface area contributed by atoms with Gasteiger partial charge in [0.25, 0.3) is 0 Å². The molecule has 0 aliphatic rings. The highest BCUT2D eigenvalue weighted by Crippen LogP contribution is 2.28. The van der Waals surface area contributed by atoms with Gasteiger partial charge in [-0.3, -0.25) is 0 Å². The average molecular weight is 373 g/mol. The van der Waals surface area contributed by atoms with Crippen molar-refractivity contribution in [2.75, 3.05) is 0 Å². The maximum atomic E-state index is 12.5. The second-order valence-corrected chi connectivity index (χ2v) is 6.95. The van der Waals surface area contributed by atoms with E-state index in [0.29, 0.717) is 12.2 Å². The molecule has 1 atom stereocenters. The number of hydrogen-bond acceptors (Lipinski definition) is 4. The van der Waals surface area contributed by atoms with Crippen molar-refractivity contribution in [1.82, 2.24) is 4.72 Å². The van der Waals surface area contributed by atoms with Crippen molar-refractivity contribution in [3.63, 3.8) is 0 Å². The van der Waals surface area contributed by atoms with Crippen LogP contribution < -0.4 is 10.5 Å². The summed E-state index contributed by atoms with van der Waals surface area (Å²) in [5.41, 5.74) is 6.38. The third kappa shape index (κ3) is 3.74. The molecule has 0 saturated heterocycles. The van der Waals surface area contributed by atoms with Gasteiger partial charge in [-0.25, -0.2) is 13.1 Å². The van der Waals surface area contributed by atoms with Crippen molar-refractivity contribution in [1.29, 1.82) is 0 Å². The third-order valence-corrected chi connectivity index (χ3v) is 5.43. The van der Waals surface area contributed by atoms with Crippen LogP contribution in [0.2, 0.25) is 0 Å². The fourth-order valence-corrected chi connectivity index (χ4v) is 4.31. The Kier molecular flexibility index (Phi) is 5.21. The summed E-state index contributed by atoms with van der Waals surface area (Å²) in [6.07, 6.45) is 0.641. The van der Waals surface area contributed by atoms with Crippen LogP contribution in [-0.4, -0.2) is 8.42 Å². The zero-order valence-electron chi connectivity index (χ0n) is 11.5. The van der Waals surface area contributed by atoms with E-state index in [1.807, 2.05) is 37.3 Å². The molecule has 1 aromatic carbocycles. The maximum absolute atomic E-state index is 12.5. The molecule has 21 heavy (non-hydrogen) atoms. The lowest BCUT2D eigenvalue weighted by Gasteiger charge is -2.17. The molecule has 1 heterocycles. The zero-order valence-corrected chi connectivity index (χ0v) is 13.9. The third-order valence-electron chi connectivity index (χ3n) is 3.10. The van der Waals surface area contributed by atoms with Gasteiger partial charge in [-0.15, -0.1) is 0 Å². The highest BCUT2D eigenvalue weighted by molar-refractivity contribution is 9.10. The summed E-state index contributed by atoms with van der Waals surface area (Å²) in [6, 6.07) is 10.6. The molecule has 0 bridgehead atoms. The van der Waals surface area contributed by atoms with Crippen molar-refractivity contribution in [3.8, 4) is 0 Å². The number of benzene rings is 1. The number of nitrogens with two attached hydrogens (primary N) is 1. The molecule has 2 rings (SSSR count). The number of hydrogen-bond donors (Lipinski definition) is 2. The lowest BCUT2D eigenvalue weighted by atomic mass is 10.1. The first-order valence-corrected chi connectivity index (χ1v) is 8.81. The van der Waals surface area contributed by atoms with Crippen LogP contribution in [0.5, 0.6) is 0 Å². The second kappa shape index (κ2) is 6.74. The van der Waals surface area contributed by atoms with E-state index in [1.165, 1.54) is 6.07 Å². The molecule has 3 N–H and O–H groups in total. The predicted molar refractivity (Wildman–Crippen MR) is 84.1 cm³/mol. The summed E-state index contributed by atoms with van der Waals surface area (Å²) in [5, 5.41) is 0. The van der Waals surface area contributed by atoms with Gasteiger partial charge in [0, 0.05) is 12.1 Å². The Hall–Kier alpha value is -1.15. The number of sulfonamides is 1. The Morgan fingerprint density at radius 3 is 2.52 bits per heavy atom. The van der Waals surface area contributed by atoms with Crippen LogP contribution in [0.15, 0.2) is 50.4 Å². The topological polar surface area (TPSA) is 85.3 Å². The fraction of sp³-hybridized carbons (Fsp3) is 0.286. The highest BCUT2D eigenvalue weighted by atomic mass is 79.9. The van der Waals surface area contributed by atoms with E-state index in [2.05, 4.69) is 20.7 Å². The molecule has 1 unspecified atom stereocenters. The minimum Gasteiger partial charge on any atom is -0.452 e. The van der Waals surface area contributed by atoms with Gasteiger partial charge in [-0.05, 0) is 27.9 Å². The molecule has 114 valence electrons. The SMILES string of the molecule is CCC(NS(=O)(=O)c1cc(CN)oc1Br)c1ccccc1. The fourth-order valence-electron chi connectivity index (χ4n) is 2.00. The largest absolute Gasteiger partial charge is 0.452 e. The van der Waals surface area contributed by atoms with E-state index >= 15 is 0 Å². The average Bonchev–Trinajstić information content (AvgIpc) is 2.88. The first-order valence-electron chi connectivity index (χ1n) is 6.53. The van der Waals surface area contributed by atoms with Crippen molar-refractivity contribution in [2.45, 2.75) is 30.8 Å². The van der Waals surface area contributed by atoms with E-state index in [0.717, 1.165) is 5.56 Å². The maximum Gasteiger partial charge on any atom is 0.245 e. The number of rotatable bonds is 6. The molecule has 1 aromatic heterocycles. The van der Waals surface area contributed by atoms with Gasteiger partial charge in [-0.2, -0.15) is 0 Å². The first-order chi connectivity index (χ1) is 9.97. The van der Waals surface area contributed by atoms with Crippen LogP contribution in [0.4, 0.5) is 0 Å². The molecular weight excluding hydrogens is 356 g/mol. The number of halogens is 1. The summed E-state index contributed by atoms with van der Waals surface area (Å²) in [6.45, 7) is 2.07. The van der Waals surface area contributed by atoms with E-state index in [1.54, 1.807) is 0 Å². The van der Waals surface area contributed by atoms with E-state index in [-0.39, 0.29) is 22.2 Å². The molecule has 5 nitrogen and oxygen atoms in total. The van der Waals surface area contributed by atoms with Crippen LogP contribution in [0.25, 0.3) is 0 Å². The molecule has 0 radical (unpaired) electrons. The molecule has 0 spiro atoms. The minimum atomic E-state index is -3.69. The molecular formula is C14H17BrN2O3S. The molecule has 7 heteroatoms. The molecule has 0 amide bonds. The Labute approximate surface area is 132 Å². The highest BCUT2D eigenvalue weighted by Gasteiger charge is 2.25. The normalized spacial score (nSPS) is 13.3. The quantitative estimate of drug-likeness (QED) is 0.815. The van der Waals surface area contributed by atoms with Crippen LogP contribution in [-0.2, 0) is 16.6 Å². The van der Waals surface area contributed by atoms with E-state index in [9.17, 15) is 8.42 Å². The molecule has 0 saturated carbocycles. The number of furan rings is 1. The first kappa shape index (κ1) is 16.2. The van der Waals surface area contributed by atoms with Gasteiger partial charge in [0.1, 0.15) is 10.7 Å². The van der Waals surface area contributed by atoms with Gasteiger partial charge >= 0.3 is 0 Å². The summed E-state index contributed by atoms with van der Waals surface area (Å²) in [4.78, 5) is 0.0670. The van der Waals surface area contributed by atoms with E-state index < -0.39 is 10.0 Å². The smallest absolute Gasteiger partial charge is 0.245 e. The van der Waals surface area contributed by atoms with Crippen LogP contribution in [0.1, 0.15) is 30.7 Å². The van der Waals surface area contributed by atoms with Crippen LogP contribution in [0.3, 0.4) is 0 Å². The molecule has 0 fully saturated rings. The van der Waals surface area contributed by atoms with Gasteiger partial charge in [0.15, 0.2) is 4.67 Å². The van der Waals surface area contributed by atoms with Gasteiger partial charge in [0.05, 0.1) is 6.54 Å². The summed E-state index contributed by atoms with van der Waals surface area (Å²) < 4.78 is 33.1. The van der Waals surface area contributed by atoms with Crippen LogP contribution in [0, 0.1) is 0 Å². The molecule has 0 aliphatic carbocycles. The van der Waals surface area contributed by atoms with Gasteiger partial charge in [0.2, 0.25) is 10.0 Å². The number of nitrogens with one attached hydrogen (secondary N) is 1. The predicted octanol–water partition coefficient (Wildman–Crippen LogP) is 2.93. The van der Waals surface area contributed by atoms with Crippen molar-refractivity contribution < 1.29 is 12.8 Å². The lowest BCUT2D eigenvalue weighted by Crippen LogP contribution is -2.28. The van der Waals surface area contributed by atoms with Crippen molar-refractivity contribution in [2.24, 2.45) is 5.73 Å². The Balaban J connectivity index is 2.29.